The number of allylic oxidation sites excluding steroid dienone is 1. The number of rotatable bonds is 3. The highest BCUT2D eigenvalue weighted by Crippen LogP contribution is 2.33. The maximum atomic E-state index is 9.59. The Hall–Kier alpha value is -1.98. The smallest absolute Gasteiger partial charge is 0.161 e. The van der Waals surface area contributed by atoms with Crippen molar-refractivity contribution in [2.24, 2.45) is 0 Å². The van der Waals surface area contributed by atoms with E-state index in [9.17, 15) is 5.11 Å². The van der Waals surface area contributed by atoms with Crippen molar-refractivity contribution in [1.82, 2.24) is 0 Å². The highest BCUT2D eigenvalue weighted by atomic mass is 79.9. The number of nitriles is 2. The van der Waals surface area contributed by atoms with Crippen LogP contribution in [0, 0.1) is 22.7 Å². The van der Waals surface area contributed by atoms with Gasteiger partial charge in [-0.05, 0) is 30.7 Å². The van der Waals surface area contributed by atoms with Crippen molar-refractivity contribution in [3.63, 3.8) is 0 Å². The predicted molar refractivity (Wildman–Crippen MR) is 66.2 cm³/mol. The van der Waals surface area contributed by atoms with Gasteiger partial charge in [0.15, 0.2) is 11.5 Å². The summed E-state index contributed by atoms with van der Waals surface area (Å²) in [5.41, 5.74) is 0.586. The quantitative estimate of drug-likeness (QED) is 0.869. The summed E-state index contributed by atoms with van der Waals surface area (Å²) in [7, 11) is 0. The van der Waals surface area contributed by atoms with Crippen LogP contribution in [0.25, 0.3) is 6.08 Å². The molecule has 0 bridgehead atoms. The van der Waals surface area contributed by atoms with Crippen molar-refractivity contribution in [1.29, 1.82) is 10.5 Å². The Bertz CT molecular complexity index is 523. The van der Waals surface area contributed by atoms with Gasteiger partial charge in [-0.15, -0.1) is 0 Å². The molecule has 5 heteroatoms. The Morgan fingerprint density at radius 1 is 1.47 bits per heavy atom. The van der Waals surface area contributed by atoms with Crippen molar-refractivity contribution in [2.75, 3.05) is 6.61 Å². The van der Waals surface area contributed by atoms with Gasteiger partial charge >= 0.3 is 0 Å². The Kier molecular flexibility index (Phi) is 4.56. The van der Waals surface area contributed by atoms with E-state index in [2.05, 4.69) is 15.9 Å². The number of nitrogens with zero attached hydrogens (tertiary/aromatic N) is 2. The summed E-state index contributed by atoms with van der Waals surface area (Å²) in [6, 6.07) is 6.57. The van der Waals surface area contributed by atoms with Gasteiger partial charge in [-0.2, -0.15) is 10.5 Å². The number of aromatic hydroxyl groups is 1. The minimum absolute atomic E-state index is 0.00587. The molecule has 4 nitrogen and oxygen atoms in total. The van der Waals surface area contributed by atoms with Gasteiger partial charge in [-0.1, -0.05) is 15.9 Å². The van der Waals surface area contributed by atoms with E-state index in [1.807, 2.05) is 0 Å². The molecule has 1 aromatic carbocycles. The van der Waals surface area contributed by atoms with Crippen LogP contribution in [-0.2, 0) is 0 Å². The van der Waals surface area contributed by atoms with E-state index in [1.54, 1.807) is 25.1 Å². The summed E-state index contributed by atoms with van der Waals surface area (Å²) in [4.78, 5) is 0. The van der Waals surface area contributed by atoms with E-state index in [1.165, 1.54) is 12.1 Å². The molecule has 0 unspecified atom stereocenters. The molecular weight excluding hydrogens is 284 g/mol. The first-order valence-corrected chi connectivity index (χ1v) is 5.58. The van der Waals surface area contributed by atoms with Crippen molar-refractivity contribution < 1.29 is 9.84 Å². The predicted octanol–water partition coefficient (Wildman–Crippen LogP) is 2.98. The second-order valence-corrected chi connectivity index (χ2v) is 3.91. The van der Waals surface area contributed by atoms with E-state index < -0.39 is 0 Å². The van der Waals surface area contributed by atoms with E-state index in [0.717, 1.165) is 0 Å². The number of phenols is 1. The maximum Gasteiger partial charge on any atom is 0.161 e. The van der Waals surface area contributed by atoms with Crippen molar-refractivity contribution in [3.05, 3.63) is 27.7 Å². The van der Waals surface area contributed by atoms with Crippen LogP contribution in [0.1, 0.15) is 12.5 Å². The molecule has 0 radical (unpaired) electrons. The standard InChI is InChI=1S/C12H9BrN2O2/c1-2-17-12-4-9(3-8(6-14)7-15)10(13)5-11(12)16/h3-5,16H,2H2,1H3. The normalized spacial score (nSPS) is 8.94. The van der Waals surface area contributed by atoms with Crippen LogP contribution in [0.15, 0.2) is 22.2 Å². The molecule has 17 heavy (non-hydrogen) atoms. The summed E-state index contributed by atoms with van der Waals surface area (Å²) in [6.45, 7) is 2.22. The zero-order chi connectivity index (χ0) is 12.8. The van der Waals surface area contributed by atoms with Crippen LogP contribution < -0.4 is 4.74 Å². The SMILES string of the molecule is CCOc1cc(C=C(C#N)C#N)c(Br)cc1O. The second-order valence-electron chi connectivity index (χ2n) is 3.06. The molecule has 1 rings (SSSR count). The monoisotopic (exact) mass is 292 g/mol. The largest absolute Gasteiger partial charge is 0.504 e. The number of benzene rings is 1. The highest BCUT2D eigenvalue weighted by molar-refractivity contribution is 9.10. The number of ether oxygens (including phenoxy) is 1. The molecule has 86 valence electrons. The lowest BCUT2D eigenvalue weighted by atomic mass is 10.1. The maximum absolute atomic E-state index is 9.59. The molecule has 0 atom stereocenters. The third-order valence-electron chi connectivity index (χ3n) is 1.92. The first-order valence-electron chi connectivity index (χ1n) is 4.79. The molecule has 0 aliphatic rings. The minimum Gasteiger partial charge on any atom is -0.504 e. The first-order chi connectivity index (χ1) is 8.12. The summed E-state index contributed by atoms with van der Waals surface area (Å²) in [5.74, 6) is 0.323. The van der Waals surface area contributed by atoms with Crippen molar-refractivity contribution in [3.8, 4) is 23.6 Å². The highest BCUT2D eigenvalue weighted by Gasteiger charge is 2.08. The van der Waals surface area contributed by atoms with Gasteiger partial charge in [0.1, 0.15) is 17.7 Å². The lowest BCUT2D eigenvalue weighted by molar-refractivity contribution is 0.318. The third-order valence-corrected chi connectivity index (χ3v) is 2.61. The van der Waals surface area contributed by atoms with Crippen LogP contribution in [0.5, 0.6) is 11.5 Å². The Morgan fingerprint density at radius 2 is 2.12 bits per heavy atom. The minimum atomic E-state index is -0.0150. The molecule has 0 aliphatic carbocycles. The fourth-order valence-corrected chi connectivity index (χ4v) is 1.63. The average Bonchev–Trinajstić information content (AvgIpc) is 2.31. The molecule has 0 heterocycles. The summed E-state index contributed by atoms with van der Waals surface area (Å²) in [5, 5.41) is 26.9. The molecule has 0 spiro atoms. The van der Waals surface area contributed by atoms with E-state index in [4.69, 9.17) is 15.3 Å². The van der Waals surface area contributed by atoms with E-state index in [-0.39, 0.29) is 11.3 Å². The fourth-order valence-electron chi connectivity index (χ4n) is 1.19. The molecule has 0 fully saturated rings. The summed E-state index contributed by atoms with van der Waals surface area (Å²) >= 11 is 3.24. The third kappa shape index (κ3) is 3.24. The molecule has 0 amide bonds. The van der Waals surface area contributed by atoms with Gasteiger partial charge in [-0.25, -0.2) is 0 Å². The van der Waals surface area contributed by atoms with Crippen molar-refractivity contribution in [2.45, 2.75) is 6.92 Å². The molecule has 1 aromatic rings. The Balaban J connectivity index is 3.27. The van der Waals surface area contributed by atoms with Gasteiger partial charge in [0.25, 0.3) is 0 Å². The van der Waals surface area contributed by atoms with Gasteiger partial charge in [0.2, 0.25) is 0 Å². The lowest BCUT2D eigenvalue weighted by Gasteiger charge is -2.08. The number of halogens is 1. The fraction of sp³-hybridized carbons (Fsp3) is 0.167. The van der Waals surface area contributed by atoms with Gasteiger partial charge < -0.3 is 9.84 Å². The van der Waals surface area contributed by atoms with Crippen LogP contribution in [0.4, 0.5) is 0 Å². The number of hydrogen-bond acceptors (Lipinski definition) is 4. The van der Waals surface area contributed by atoms with Crippen LogP contribution in [0.3, 0.4) is 0 Å². The molecule has 0 saturated carbocycles. The zero-order valence-electron chi connectivity index (χ0n) is 9.07. The average molecular weight is 293 g/mol. The Morgan fingerprint density at radius 3 is 2.65 bits per heavy atom. The van der Waals surface area contributed by atoms with Gasteiger partial charge in [0, 0.05) is 4.47 Å². The summed E-state index contributed by atoms with van der Waals surface area (Å²) in [6.07, 6.45) is 1.42. The van der Waals surface area contributed by atoms with Crippen molar-refractivity contribution >= 4 is 22.0 Å². The van der Waals surface area contributed by atoms with Crippen LogP contribution in [0.2, 0.25) is 0 Å². The number of hydrogen-bond donors (Lipinski definition) is 1. The van der Waals surface area contributed by atoms with Crippen LogP contribution in [-0.4, -0.2) is 11.7 Å². The van der Waals surface area contributed by atoms with Gasteiger partial charge in [-0.3, -0.25) is 0 Å². The molecule has 0 aromatic heterocycles. The molecule has 0 saturated heterocycles. The van der Waals surface area contributed by atoms with Gasteiger partial charge in [0.05, 0.1) is 6.61 Å². The topological polar surface area (TPSA) is 77.0 Å². The van der Waals surface area contributed by atoms with Crippen LogP contribution >= 0.6 is 15.9 Å². The van der Waals surface area contributed by atoms with E-state index in [0.29, 0.717) is 22.4 Å². The molecule has 1 N–H and O–H groups in total. The summed E-state index contributed by atoms with van der Waals surface area (Å²) < 4.78 is 5.80. The lowest BCUT2D eigenvalue weighted by Crippen LogP contribution is -1.93. The number of phenolic OH excluding ortho intramolecular Hbond substituents is 1. The molecular formula is C12H9BrN2O2. The zero-order valence-corrected chi connectivity index (χ0v) is 10.7. The first kappa shape index (κ1) is 13.1. The Labute approximate surface area is 107 Å². The molecule has 0 aliphatic heterocycles. The second kappa shape index (κ2) is 5.93. The van der Waals surface area contributed by atoms with E-state index >= 15 is 0 Å².